The molecule has 9 heteroatoms. The van der Waals surface area contributed by atoms with Crippen molar-refractivity contribution in [2.75, 3.05) is 19.5 Å². The first-order valence-corrected chi connectivity index (χ1v) is 9.95. The third-order valence-corrected chi connectivity index (χ3v) is 5.06. The van der Waals surface area contributed by atoms with Crippen molar-refractivity contribution in [2.24, 2.45) is 0 Å². The summed E-state index contributed by atoms with van der Waals surface area (Å²) in [7, 11) is 3.07. The zero-order valence-electron chi connectivity index (χ0n) is 16.8. The summed E-state index contributed by atoms with van der Waals surface area (Å²) in [5.41, 5.74) is 0.956. The Bertz CT molecular complexity index is 1120. The summed E-state index contributed by atoms with van der Waals surface area (Å²) in [6.45, 7) is 0. The quantitative estimate of drug-likeness (QED) is 0.321. The zero-order valence-corrected chi connectivity index (χ0v) is 17.6. The van der Waals surface area contributed by atoms with Gasteiger partial charge >= 0.3 is 0 Å². The van der Waals surface area contributed by atoms with Gasteiger partial charge in [0.15, 0.2) is 17.7 Å². The lowest BCUT2D eigenvalue weighted by Crippen LogP contribution is -2.08. The van der Waals surface area contributed by atoms with E-state index in [1.54, 1.807) is 43.6 Å². The van der Waals surface area contributed by atoms with E-state index in [0.29, 0.717) is 22.1 Å². The number of carbonyl (C=O) groups excluding carboxylic acids is 1. The number of aromatic amines is 1. The molecule has 8 nitrogen and oxygen atoms in total. The smallest absolute Gasteiger partial charge is 0.272 e. The van der Waals surface area contributed by atoms with E-state index in [1.807, 2.05) is 18.2 Å². The zero-order chi connectivity index (χ0) is 22.2. The van der Waals surface area contributed by atoms with Crippen LogP contribution in [0.3, 0.4) is 0 Å². The minimum absolute atomic E-state index is 0.111. The highest BCUT2D eigenvalue weighted by atomic mass is 32.2. The Morgan fingerprint density at radius 2 is 1.90 bits per heavy atom. The fourth-order valence-electron chi connectivity index (χ4n) is 2.70. The Morgan fingerprint density at radius 3 is 2.58 bits per heavy atom. The highest BCUT2D eigenvalue weighted by molar-refractivity contribution is 7.99. The lowest BCUT2D eigenvalue weighted by molar-refractivity contribution is -0.426. The second-order valence-electron chi connectivity index (χ2n) is 6.24. The number of hydrogen-bond acceptors (Lipinski definition) is 6. The molecule has 0 bridgehead atoms. The number of non-ortho nitro benzene ring substituents is 1. The molecule has 2 N–H and O–H groups in total. The molecule has 158 valence electrons. The average Bonchev–Trinajstić information content (AvgIpc) is 2.78. The summed E-state index contributed by atoms with van der Waals surface area (Å²) in [6.07, 6.45) is 4.72. The fourth-order valence-corrected chi connectivity index (χ4v) is 3.59. The molecule has 1 heterocycles. The molecule has 2 aromatic carbocycles. The maximum absolute atomic E-state index is 12.4. The second kappa shape index (κ2) is 10.3. The maximum Gasteiger partial charge on any atom is 0.272 e. The van der Waals surface area contributed by atoms with Gasteiger partial charge in [0.2, 0.25) is 10.9 Å². The number of benzene rings is 2. The molecule has 0 aliphatic rings. The van der Waals surface area contributed by atoms with Crippen LogP contribution >= 0.6 is 11.8 Å². The molecule has 0 saturated carbocycles. The minimum Gasteiger partial charge on any atom is -0.493 e. The maximum atomic E-state index is 12.4. The van der Waals surface area contributed by atoms with Gasteiger partial charge in [-0.3, -0.25) is 14.9 Å². The Labute approximate surface area is 183 Å². The molecule has 3 rings (SSSR count). The normalized spacial score (nSPS) is 10.6. The Hall–Kier alpha value is -3.85. The molecule has 0 spiro atoms. The van der Waals surface area contributed by atoms with Crippen molar-refractivity contribution >= 4 is 35.1 Å². The number of aromatic nitrogens is 1. The molecule has 0 fully saturated rings. The number of nitro benzene ring substituents is 1. The van der Waals surface area contributed by atoms with Gasteiger partial charge in [-0.25, -0.2) is 4.98 Å². The van der Waals surface area contributed by atoms with Gasteiger partial charge in [0, 0.05) is 40.9 Å². The SMILES string of the molecule is COc1ccc(C=CC(=O)Nc2cc(Sc3cccc[nH+]3)cc([N+](=O)[O-])c2)cc1OC. The van der Waals surface area contributed by atoms with Crippen molar-refractivity contribution in [2.45, 2.75) is 9.92 Å². The van der Waals surface area contributed by atoms with E-state index in [2.05, 4.69) is 10.3 Å². The number of H-pyrrole nitrogens is 1. The Balaban J connectivity index is 1.77. The Morgan fingerprint density at radius 1 is 1.10 bits per heavy atom. The predicted molar refractivity (Wildman–Crippen MR) is 117 cm³/mol. The first kappa shape index (κ1) is 21.8. The molecule has 0 radical (unpaired) electrons. The highest BCUT2D eigenvalue weighted by Crippen LogP contribution is 2.31. The third-order valence-electron chi connectivity index (χ3n) is 4.11. The van der Waals surface area contributed by atoms with E-state index in [4.69, 9.17) is 9.47 Å². The molecule has 3 aromatic rings. The number of amides is 1. The van der Waals surface area contributed by atoms with Gasteiger partial charge in [-0.1, -0.05) is 6.07 Å². The van der Waals surface area contributed by atoms with Gasteiger partial charge < -0.3 is 14.8 Å². The van der Waals surface area contributed by atoms with Crippen LogP contribution in [0.25, 0.3) is 6.08 Å². The van der Waals surface area contributed by atoms with Crippen LogP contribution in [-0.2, 0) is 4.79 Å². The first-order valence-electron chi connectivity index (χ1n) is 9.13. The van der Waals surface area contributed by atoms with Gasteiger partial charge in [0.05, 0.1) is 19.1 Å². The van der Waals surface area contributed by atoms with Crippen molar-refractivity contribution in [1.82, 2.24) is 0 Å². The van der Waals surface area contributed by atoms with E-state index in [9.17, 15) is 14.9 Å². The number of nitrogens with one attached hydrogen (secondary N) is 2. The lowest BCUT2D eigenvalue weighted by Gasteiger charge is -2.08. The minimum atomic E-state index is -0.492. The van der Waals surface area contributed by atoms with Crippen LogP contribution in [0, 0.1) is 10.1 Å². The number of carbonyl (C=O) groups is 1. The third kappa shape index (κ3) is 6.06. The van der Waals surface area contributed by atoms with Crippen LogP contribution in [0.2, 0.25) is 0 Å². The standard InChI is InChI=1S/C22H19N3O5S/c1-29-19-8-6-15(11-20(19)30-2)7-9-21(26)24-16-12-17(25(27)28)14-18(13-16)31-22-5-3-4-10-23-22/h3-14H,1-2H3,(H,24,26)/p+1. The number of ether oxygens (including phenoxy) is 2. The van der Waals surface area contributed by atoms with Gasteiger partial charge in [0.1, 0.15) is 0 Å². The Kier molecular flexibility index (Phi) is 7.23. The predicted octanol–water partition coefficient (Wildman–Crippen LogP) is 4.23. The summed E-state index contributed by atoms with van der Waals surface area (Å²) in [5.74, 6) is 0.710. The number of pyridine rings is 1. The summed E-state index contributed by atoms with van der Waals surface area (Å²) in [5, 5.41) is 14.8. The second-order valence-corrected chi connectivity index (χ2v) is 7.35. The molecule has 31 heavy (non-hydrogen) atoms. The summed E-state index contributed by atoms with van der Waals surface area (Å²) in [6, 6.07) is 15.3. The number of rotatable bonds is 8. The first-order chi connectivity index (χ1) is 15.0. The monoisotopic (exact) mass is 438 g/mol. The van der Waals surface area contributed by atoms with E-state index in [0.717, 1.165) is 10.6 Å². The molecular formula is C22H20N3O5S+. The van der Waals surface area contributed by atoms with E-state index in [1.165, 1.54) is 37.1 Å². The number of methoxy groups -OCH3 is 2. The number of anilines is 1. The van der Waals surface area contributed by atoms with Crippen LogP contribution in [0.4, 0.5) is 11.4 Å². The molecule has 0 aliphatic heterocycles. The number of nitro groups is 1. The summed E-state index contributed by atoms with van der Waals surface area (Å²) in [4.78, 5) is 26.9. The van der Waals surface area contributed by atoms with Crippen molar-refractivity contribution in [3.05, 3.63) is 82.5 Å². The van der Waals surface area contributed by atoms with Crippen LogP contribution in [-0.4, -0.2) is 25.1 Å². The summed E-state index contributed by atoms with van der Waals surface area (Å²) >= 11 is 1.32. The van der Waals surface area contributed by atoms with Gasteiger partial charge in [-0.05, 0) is 47.7 Å². The molecule has 1 amide bonds. The highest BCUT2D eigenvalue weighted by Gasteiger charge is 2.14. The van der Waals surface area contributed by atoms with Crippen molar-refractivity contribution in [3.63, 3.8) is 0 Å². The van der Waals surface area contributed by atoms with E-state index in [-0.39, 0.29) is 5.69 Å². The van der Waals surface area contributed by atoms with Gasteiger partial charge in [-0.15, -0.1) is 0 Å². The van der Waals surface area contributed by atoms with E-state index < -0.39 is 10.8 Å². The topological polar surface area (TPSA) is 105 Å². The molecule has 1 aromatic heterocycles. The van der Waals surface area contributed by atoms with E-state index >= 15 is 0 Å². The van der Waals surface area contributed by atoms with Crippen LogP contribution in [0.5, 0.6) is 11.5 Å². The summed E-state index contributed by atoms with van der Waals surface area (Å²) < 4.78 is 10.4. The fraction of sp³-hybridized carbons (Fsp3) is 0.0909. The lowest BCUT2D eigenvalue weighted by atomic mass is 10.2. The number of nitrogens with zero attached hydrogens (tertiary/aromatic N) is 1. The van der Waals surface area contributed by atoms with Crippen molar-refractivity contribution in [1.29, 1.82) is 0 Å². The largest absolute Gasteiger partial charge is 0.493 e. The van der Waals surface area contributed by atoms with Gasteiger partial charge in [-0.2, -0.15) is 0 Å². The average molecular weight is 438 g/mol. The van der Waals surface area contributed by atoms with Crippen molar-refractivity contribution < 1.29 is 24.2 Å². The molecular weight excluding hydrogens is 418 g/mol. The molecule has 0 aliphatic carbocycles. The van der Waals surface area contributed by atoms with Crippen LogP contribution in [0.15, 0.2) is 76.8 Å². The van der Waals surface area contributed by atoms with Crippen LogP contribution < -0.4 is 19.8 Å². The molecule has 0 unspecified atom stereocenters. The molecule has 0 atom stereocenters. The van der Waals surface area contributed by atoms with Crippen LogP contribution in [0.1, 0.15) is 5.56 Å². The number of hydrogen-bond donors (Lipinski definition) is 1. The molecule has 0 saturated heterocycles. The van der Waals surface area contributed by atoms with Gasteiger partial charge in [0.25, 0.3) is 5.69 Å². The van der Waals surface area contributed by atoms with Crippen molar-refractivity contribution in [3.8, 4) is 11.5 Å².